The van der Waals surface area contributed by atoms with E-state index in [1.807, 2.05) is 0 Å². The summed E-state index contributed by atoms with van der Waals surface area (Å²) in [5, 5.41) is 7.99. The highest BCUT2D eigenvalue weighted by Crippen LogP contribution is 2.09. The number of aldehydes is 1. The van der Waals surface area contributed by atoms with E-state index in [0.29, 0.717) is 12.3 Å². The Labute approximate surface area is 105 Å². The zero-order chi connectivity index (χ0) is 13.8. The molecule has 1 N–H and O–H groups in total. The summed E-state index contributed by atoms with van der Waals surface area (Å²) in [5.74, 6) is -0.428. The molecular formula is C14H26O3. The van der Waals surface area contributed by atoms with E-state index >= 15 is 0 Å². The lowest BCUT2D eigenvalue weighted by atomic mass is 10.0. The summed E-state index contributed by atoms with van der Waals surface area (Å²) in [7, 11) is 0. The third kappa shape index (κ3) is 17.5. The van der Waals surface area contributed by atoms with Gasteiger partial charge in [0.2, 0.25) is 0 Å². The van der Waals surface area contributed by atoms with E-state index < -0.39 is 5.97 Å². The van der Waals surface area contributed by atoms with Gasteiger partial charge in [0.25, 0.3) is 0 Å². The van der Waals surface area contributed by atoms with Crippen molar-refractivity contribution in [3.05, 3.63) is 11.6 Å². The van der Waals surface area contributed by atoms with Crippen LogP contribution in [-0.2, 0) is 9.59 Å². The molecule has 0 aliphatic rings. The zero-order valence-corrected chi connectivity index (χ0v) is 11.7. The van der Waals surface area contributed by atoms with Crippen molar-refractivity contribution in [2.24, 2.45) is 11.8 Å². The molecule has 0 fully saturated rings. The lowest BCUT2D eigenvalue weighted by Crippen LogP contribution is -2.03. The van der Waals surface area contributed by atoms with Gasteiger partial charge in [-0.2, -0.15) is 0 Å². The highest BCUT2D eigenvalue weighted by atomic mass is 16.4. The molecule has 1 unspecified atom stereocenters. The molecule has 0 aromatic rings. The summed E-state index contributed by atoms with van der Waals surface area (Å²) in [6.45, 7) is 9.60. The molecule has 17 heavy (non-hydrogen) atoms. The van der Waals surface area contributed by atoms with Crippen molar-refractivity contribution in [3.8, 4) is 0 Å². The van der Waals surface area contributed by atoms with Crippen LogP contribution in [0.25, 0.3) is 0 Å². The molecule has 0 aromatic carbocycles. The molecule has 0 aromatic heterocycles. The fraction of sp³-hybridized carbons (Fsp3) is 0.714. The Morgan fingerprint density at radius 3 is 2.00 bits per heavy atom. The molecule has 3 heteroatoms. The van der Waals surface area contributed by atoms with Gasteiger partial charge in [0, 0.05) is 6.42 Å². The van der Waals surface area contributed by atoms with Crippen molar-refractivity contribution in [2.45, 2.75) is 53.9 Å². The third-order valence-corrected chi connectivity index (χ3v) is 2.20. The van der Waals surface area contributed by atoms with E-state index in [9.17, 15) is 9.59 Å². The number of rotatable bonds is 6. The number of carbonyl (C=O) groups is 2. The van der Waals surface area contributed by atoms with Gasteiger partial charge in [-0.25, -0.2) is 0 Å². The number of hydrogen-bond acceptors (Lipinski definition) is 2. The smallest absolute Gasteiger partial charge is 0.305 e. The molecule has 0 saturated heterocycles. The number of carbonyl (C=O) groups excluding carboxylic acids is 1. The van der Waals surface area contributed by atoms with E-state index in [-0.39, 0.29) is 5.92 Å². The minimum Gasteiger partial charge on any atom is -0.481 e. The second-order valence-electron chi connectivity index (χ2n) is 4.86. The van der Waals surface area contributed by atoms with Gasteiger partial charge in [-0.1, -0.05) is 32.4 Å². The molecule has 1 atom stereocenters. The Bertz CT molecular complexity index is 238. The summed E-state index contributed by atoms with van der Waals surface area (Å²) in [5.41, 5.74) is 1.36. The van der Waals surface area contributed by atoms with Crippen LogP contribution in [0.5, 0.6) is 0 Å². The largest absolute Gasteiger partial charge is 0.481 e. The Kier molecular flexibility index (Phi) is 12.2. The average Bonchev–Trinajstić information content (AvgIpc) is 2.18. The predicted molar refractivity (Wildman–Crippen MR) is 71.0 cm³/mol. The molecule has 0 spiro atoms. The highest BCUT2D eigenvalue weighted by Gasteiger charge is 1.99. The van der Waals surface area contributed by atoms with Crippen LogP contribution in [0, 0.1) is 11.8 Å². The van der Waals surface area contributed by atoms with Crippen molar-refractivity contribution in [1.82, 2.24) is 0 Å². The zero-order valence-electron chi connectivity index (χ0n) is 11.7. The number of carboxylic acid groups (broad SMARTS) is 1. The van der Waals surface area contributed by atoms with Crippen LogP contribution in [0.3, 0.4) is 0 Å². The van der Waals surface area contributed by atoms with Gasteiger partial charge < -0.3 is 9.90 Å². The number of aliphatic carboxylic acids is 1. The standard InChI is InChI=1S/C10H18O.C4H8O2/c1-9(2)5-4-6-10(3)7-8-11;1-3(2)4(5)6/h5,8,10H,4,6-7H2,1-3H3;3H,1-2H3,(H,5,6). The van der Waals surface area contributed by atoms with E-state index in [1.165, 1.54) is 5.57 Å². The van der Waals surface area contributed by atoms with Gasteiger partial charge in [-0.3, -0.25) is 4.79 Å². The third-order valence-electron chi connectivity index (χ3n) is 2.20. The first-order valence-corrected chi connectivity index (χ1v) is 6.11. The molecule has 0 bridgehead atoms. The van der Waals surface area contributed by atoms with Crippen LogP contribution < -0.4 is 0 Å². The van der Waals surface area contributed by atoms with Crippen LogP contribution in [0.15, 0.2) is 11.6 Å². The summed E-state index contributed by atoms with van der Waals surface area (Å²) < 4.78 is 0. The highest BCUT2D eigenvalue weighted by molar-refractivity contribution is 5.68. The van der Waals surface area contributed by atoms with Crippen molar-refractivity contribution in [2.75, 3.05) is 0 Å². The van der Waals surface area contributed by atoms with Gasteiger partial charge >= 0.3 is 5.97 Å². The fourth-order valence-corrected chi connectivity index (χ4v) is 0.939. The quantitative estimate of drug-likeness (QED) is 0.571. The molecule has 0 heterocycles. The first kappa shape index (κ1) is 18.3. The molecular weight excluding hydrogens is 216 g/mol. The predicted octanol–water partition coefficient (Wildman–Crippen LogP) is 3.68. The molecule has 0 aliphatic carbocycles. The van der Waals surface area contributed by atoms with Crippen LogP contribution in [0.2, 0.25) is 0 Å². The molecule has 3 nitrogen and oxygen atoms in total. The molecule has 0 rings (SSSR count). The van der Waals surface area contributed by atoms with Gasteiger partial charge in [0.05, 0.1) is 5.92 Å². The van der Waals surface area contributed by atoms with E-state index in [2.05, 4.69) is 26.8 Å². The summed E-state index contributed by atoms with van der Waals surface area (Å²) in [6.07, 6.45) is 6.17. The topological polar surface area (TPSA) is 54.4 Å². The lowest BCUT2D eigenvalue weighted by Gasteiger charge is -2.03. The van der Waals surface area contributed by atoms with Gasteiger partial charge in [0.1, 0.15) is 6.29 Å². The van der Waals surface area contributed by atoms with Crippen LogP contribution in [0.4, 0.5) is 0 Å². The number of allylic oxidation sites excluding steroid dienone is 2. The second kappa shape index (κ2) is 11.4. The van der Waals surface area contributed by atoms with Crippen LogP contribution >= 0.6 is 0 Å². The van der Waals surface area contributed by atoms with E-state index in [0.717, 1.165) is 19.1 Å². The van der Waals surface area contributed by atoms with Crippen LogP contribution in [0.1, 0.15) is 53.9 Å². The van der Waals surface area contributed by atoms with Gasteiger partial charge in [0.15, 0.2) is 0 Å². The molecule has 0 radical (unpaired) electrons. The summed E-state index contributed by atoms with van der Waals surface area (Å²) in [4.78, 5) is 19.8. The number of hydrogen-bond donors (Lipinski definition) is 1. The minimum atomic E-state index is -0.741. The Morgan fingerprint density at radius 1 is 1.24 bits per heavy atom. The second-order valence-corrected chi connectivity index (χ2v) is 4.86. The van der Waals surface area contributed by atoms with Gasteiger partial charge in [-0.15, -0.1) is 0 Å². The Hall–Kier alpha value is -1.12. The van der Waals surface area contributed by atoms with Gasteiger partial charge in [-0.05, 0) is 32.6 Å². The molecule has 0 aliphatic heterocycles. The van der Waals surface area contributed by atoms with Crippen molar-refractivity contribution in [3.63, 3.8) is 0 Å². The Balaban J connectivity index is 0. The van der Waals surface area contributed by atoms with E-state index in [1.54, 1.807) is 13.8 Å². The SMILES string of the molecule is CC(C)=CCCC(C)CC=O.CC(C)C(=O)O. The maximum absolute atomic E-state index is 10.1. The molecule has 0 amide bonds. The maximum atomic E-state index is 10.1. The monoisotopic (exact) mass is 242 g/mol. The number of carboxylic acids is 1. The lowest BCUT2D eigenvalue weighted by molar-refractivity contribution is -0.140. The fourth-order valence-electron chi connectivity index (χ4n) is 0.939. The summed E-state index contributed by atoms with van der Waals surface area (Å²) in [6, 6.07) is 0. The van der Waals surface area contributed by atoms with Crippen molar-refractivity contribution >= 4 is 12.3 Å². The minimum absolute atomic E-state index is 0.231. The first-order valence-electron chi connectivity index (χ1n) is 6.11. The van der Waals surface area contributed by atoms with Crippen molar-refractivity contribution in [1.29, 1.82) is 0 Å². The van der Waals surface area contributed by atoms with Crippen LogP contribution in [-0.4, -0.2) is 17.4 Å². The average molecular weight is 242 g/mol. The first-order chi connectivity index (χ1) is 7.81. The normalized spacial score (nSPS) is 11.2. The van der Waals surface area contributed by atoms with Crippen molar-refractivity contribution < 1.29 is 14.7 Å². The molecule has 0 saturated carbocycles. The molecule has 100 valence electrons. The van der Waals surface area contributed by atoms with E-state index in [4.69, 9.17) is 5.11 Å². The summed E-state index contributed by atoms with van der Waals surface area (Å²) >= 11 is 0. The Morgan fingerprint density at radius 2 is 1.71 bits per heavy atom. The maximum Gasteiger partial charge on any atom is 0.305 e.